The maximum Gasteiger partial charge on any atom is 0.414 e. The van der Waals surface area contributed by atoms with Crippen LogP contribution in [-0.2, 0) is 19.5 Å². The van der Waals surface area contributed by atoms with Crippen molar-refractivity contribution in [2.75, 3.05) is 11.4 Å². The number of benzene rings is 2. The van der Waals surface area contributed by atoms with E-state index < -0.39 is 35.3 Å². The van der Waals surface area contributed by atoms with Crippen LogP contribution < -0.4 is 15.0 Å². The van der Waals surface area contributed by atoms with Crippen molar-refractivity contribution in [3.8, 4) is 5.88 Å². The molecule has 4 rings (SSSR count). The number of hydrogen-bond donors (Lipinski definition) is 1. The summed E-state index contributed by atoms with van der Waals surface area (Å²) in [4.78, 5) is 32.0. The minimum atomic E-state index is -1.16. The van der Waals surface area contributed by atoms with Crippen LogP contribution in [0.15, 0.2) is 36.4 Å². The quantitative estimate of drug-likeness (QED) is 0.399. The molecule has 1 aromatic heterocycles. The maximum absolute atomic E-state index is 14.0. The minimum absolute atomic E-state index is 0.0267. The predicted octanol–water partition coefficient (Wildman–Crippen LogP) is 5.51. The number of carbonyl (C=O) groups is 2. The number of nitrogens with zero attached hydrogens (tertiary/aromatic N) is 3. The highest BCUT2D eigenvalue weighted by Gasteiger charge is 2.30. The van der Waals surface area contributed by atoms with Crippen molar-refractivity contribution in [3.05, 3.63) is 76.6 Å². The highest BCUT2D eigenvalue weighted by molar-refractivity contribution is 6.06. The van der Waals surface area contributed by atoms with E-state index in [4.69, 9.17) is 4.74 Å². The highest BCUT2D eigenvalue weighted by atomic mass is 19.2. The van der Waals surface area contributed by atoms with Crippen LogP contribution in [0.3, 0.4) is 0 Å². The Balaban J connectivity index is 1.63. The van der Waals surface area contributed by atoms with E-state index in [1.165, 1.54) is 17.0 Å². The summed E-state index contributed by atoms with van der Waals surface area (Å²) in [5.74, 6) is -3.68. The first-order chi connectivity index (χ1) is 17.8. The Bertz CT molecular complexity index is 1310. The van der Waals surface area contributed by atoms with Crippen LogP contribution in [0.1, 0.15) is 54.4 Å². The van der Waals surface area contributed by atoms with Gasteiger partial charge in [0.2, 0.25) is 5.88 Å². The number of fused-ring (bicyclic) bond motifs is 1. The van der Waals surface area contributed by atoms with Gasteiger partial charge < -0.3 is 10.1 Å². The van der Waals surface area contributed by atoms with Gasteiger partial charge in [-0.25, -0.2) is 27.3 Å². The highest BCUT2D eigenvalue weighted by Crippen LogP contribution is 2.34. The summed E-state index contributed by atoms with van der Waals surface area (Å²) in [5.41, 5.74) is -0.0184. The van der Waals surface area contributed by atoms with Crippen LogP contribution in [0.4, 0.5) is 28.2 Å². The number of unbranched alkanes of at least 4 members (excludes halogenated alkanes) is 1. The van der Waals surface area contributed by atoms with E-state index >= 15 is 0 Å². The molecule has 0 aliphatic carbocycles. The summed E-state index contributed by atoms with van der Waals surface area (Å²) in [5, 5.41) is 2.43. The van der Waals surface area contributed by atoms with Crippen molar-refractivity contribution in [2.24, 2.45) is 0 Å². The molecule has 37 heavy (non-hydrogen) atoms. The molecule has 0 atom stereocenters. The average Bonchev–Trinajstić information content (AvgIpc) is 3.23. The number of nitrogens with one attached hydrogen (secondary N) is 1. The summed E-state index contributed by atoms with van der Waals surface area (Å²) in [7, 11) is 0. The van der Waals surface area contributed by atoms with E-state index in [1.54, 1.807) is 4.57 Å². The number of imidazole rings is 1. The maximum atomic E-state index is 14.0. The second-order valence-corrected chi connectivity index (χ2v) is 8.68. The summed E-state index contributed by atoms with van der Waals surface area (Å²) in [6, 6.07) is 5.87. The zero-order valence-corrected chi connectivity index (χ0v) is 20.2. The molecule has 0 radical (unpaired) electrons. The van der Waals surface area contributed by atoms with E-state index in [0.29, 0.717) is 31.3 Å². The van der Waals surface area contributed by atoms with Crippen LogP contribution in [0, 0.1) is 23.3 Å². The number of halogens is 4. The molecule has 2 amide bonds. The fourth-order valence-electron chi connectivity index (χ4n) is 4.08. The van der Waals surface area contributed by atoms with Gasteiger partial charge in [0.15, 0.2) is 17.5 Å². The Labute approximate surface area is 211 Å². The van der Waals surface area contributed by atoms with Crippen LogP contribution in [0.25, 0.3) is 0 Å². The van der Waals surface area contributed by atoms with E-state index in [0.717, 1.165) is 37.5 Å². The van der Waals surface area contributed by atoms with Gasteiger partial charge in [0, 0.05) is 43.2 Å². The van der Waals surface area contributed by atoms with E-state index in [2.05, 4.69) is 10.3 Å². The topological polar surface area (TPSA) is 76.5 Å². The number of carbonyl (C=O) groups excluding carboxylic acids is 2. The molecular formula is C26H26F4N4O3. The number of amides is 2. The molecule has 1 aliphatic heterocycles. The molecule has 11 heteroatoms. The number of hydrogen-bond acceptors (Lipinski definition) is 4. The molecule has 0 saturated heterocycles. The molecule has 2 aromatic carbocycles. The fraction of sp³-hybridized carbons (Fsp3) is 0.346. The molecule has 1 N–H and O–H groups in total. The van der Waals surface area contributed by atoms with Crippen LogP contribution in [0.2, 0.25) is 0 Å². The Morgan fingerprint density at radius 1 is 1.05 bits per heavy atom. The van der Waals surface area contributed by atoms with E-state index in [9.17, 15) is 27.2 Å². The Morgan fingerprint density at radius 2 is 1.86 bits per heavy atom. The first-order valence-electron chi connectivity index (χ1n) is 12.0. The molecule has 2 heterocycles. The number of anilines is 1. The lowest BCUT2D eigenvalue weighted by molar-refractivity contribution is 0.0984. The van der Waals surface area contributed by atoms with Gasteiger partial charge in [0.25, 0.3) is 5.91 Å². The van der Waals surface area contributed by atoms with Crippen molar-refractivity contribution < 1.29 is 31.9 Å². The Hall–Kier alpha value is -3.89. The zero-order valence-electron chi connectivity index (χ0n) is 20.2. The molecule has 3 aromatic rings. The second kappa shape index (κ2) is 11.4. The van der Waals surface area contributed by atoms with Gasteiger partial charge in [-0.1, -0.05) is 19.4 Å². The van der Waals surface area contributed by atoms with Gasteiger partial charge in [-0.3, -0.25) is 14.3 Å². The third kappa shape index (κ3) is 5.92. The molecule has 0 saturated carbocycles. The van der Waals surface area contributed by atoms with Gasteiger partial charge >= 0.3 is 6.09 Å². The summed E-state index contributed by atoms with van der Waals surface area (Å²) >= 11 is 0. The van der Waals surface area contributed by atoms with E-state index in [1.807, 2.05) is 6.92 Å². The normalized spacial score (nSPS) is 12.7. The van der Waals surface area contributed by atoms with Crippen molar-refractivity contribution in [1.29, 1.82) is 0 Å². The first-order valence-corrected chi connectivity index (χ1v) is 12.0. The van der Waals surface area contributed by atoms with Gasteiger partial charge in [0.1, 0.15) is 17.5 Å². The number of ether oxygens (including phenoxy) is 1. The van der Waals surface area contributed by atoms with Crippen molar-refractivity contribution >= 4 is 17.8 Å². The largest absolute Gasteiger partial charge is 0.414 e. The molecule has 7 nitrogen and oxygen atoms in total. The molecule has 196 valence electrons. The number of aryl methyl sites for hydroxylation is 1. The standard InChI is InChI=1S/C26H26F4N4O3/c1-2-3-11-34(24(35)16-8-10-19(28)21(30)13-16)23-25(33-12-5-4-6-22(33)32-23)37-26(36)31-15-17-7-9-18(27)14-20(17)29/h7-10,13-14H,2-6,11-12,15H2,1H3,(H,31,36). The van der Waals surface area contributed by atoms with Crippen LogP contribution in [0.5, 0.6) is 5.88 Å². The fourth-order valence-corrected chi connectivity index (χ4v) is 4.08. The van der Waals surface area contributed by atoms with E-state index in [-0.39, 0.29) is 35.9 Å². The van der Waals surface area contributed by atoms with Crippen LogP contribution in [-0.4, -0.2) is 28.1 Å². The van der Waals surface area contributed by atoms with Crippen molar-refractivity contribution in [2.45, 2.75) is 52.1 Å². The monoisotopic (exact) mass is 518 g/mol. The van der Waals surface area contributed by atoms with Crippen molar-refractivity contribution in [3.63, 3.8) is 0 Å². The third-order valence-electron chi connectivity index (χ3n) is 6.05. The molecule has 0 unspecified atom stereocenters. The van der Waals surface area contributed by atoms with Gasteiger partial charge in [-0.05, 0) is 43.5 Å². The van der Waals surface area contributed by atoms with Crippen LogP contribution >= 0.6 is 0 Å². The molecule has 1 aliphatic rings. The Kier molecular flexibility index (Phi) is 8.10. The molecule has 0 spiro atoms. The average molecular weight is 519 g/mol. The predicted molar refractivity (Wildman–Crippen MR) is 127 cm³/mol. The molecule has 0 fully saturated rings. The zero-order chi connectivity index (χ0) is 26.5. The van der Waals surface area contributed by atoms with Gasteiger partial charge in [-0.2, -0.15) is 0 Å². The molecular weight excluding hydrogens is 492 g/mol. The Morgan fingerprint density at radius 3 is 2.59 bits per heavy atom. The smallest absolute Gasteiger partial charge is 0.389 e. The van der Waals surface area contributed by atoms with Gasteiger partial charge in [-0.15, -0.1) is 0 Å². The third-order valence-corrected chi connectivity index (χ3v) is 6.05. The van der Waals surface area contributed by atoms with Crippen molar-refractivity contribution in [1.82, 2.24) is 14.9 Å². The lowest BCUT2D eigenvalue weighted by Gasteiger charge is -2.22. The number of aromatic nitrogens is 2. The summed E-state index contributed by atoms with van der Waals surface area (Å²) in [6.45, 7) is 2.37. The van der Waals surface area contributed by atoms with Gasteiger partial charge in [0.05, 0.1) is 0 Å². The summed E-state index contributed by atoms with van der Waals surface area (Å²) in [6.07, 6.45) is 2.64. The lowest BCUT2D eigenvalue weighted by Crippen LogP contribution is -2.34. The lowest BCUT2D eigenvalue weighted by atomic mass is 10.1. The second-order valence-electron chi connectivity index (χ2n) is 8.68. The number of rotatable bonds is 8. The molecule has 0 bridgehead atoms. The first kappa shape index (κ1) is 26.2. The minimum Gasteiger partial charge on any atom is -0.389 e. The SMILES string of the molecule is CCCCN(C(=O)c1ccc(F)c(F)c1)c1nc2n(c1OC(=O)NCc1ccc(F)cc1F)CCCC2. The summed E-state index contributed by atoms with van der Waals surface area (Å²) < 4.78 is 61.8.